The summed E-state index contributed by atoms with van der Waals surface area (Å²) < 4.78 is 2.02. The van der Waals surface area contributed by atoms with Crippen LogP contribution in [0.15, 0.2) is 35.5 Å². The molecule has 112 valence electrons. The maximum Gasteiger partial charge on any atom is 0.313 e. The molecule has 0 atom stereocenters. The topological polar surface area (TPSA) is 68.0 Å². The summed E-state index contributed by atoms with van der Waals surface area (Å²) in [4.78, 5) is 10.7. The second-order valence-electron chi connectivity index (χ2n) is 5.03. The molecule has 1 heterocycles. The lowest BCUT2D eigenvalue weighted by Crippen LogP contribution is -2.10. The van der Waals surface area contributed by atoms with Gasteiger partial charge < -0.3 is 9.67 Å². The Bertz CT molecular complexity index is 596. The first-order valence-corrected chi connectivity index (χ1v) is 7.88. The second-order valence-corrected chi connectivity index (χ2v) is 5.97. The van der Waals surface area contributed by atoms with E-state index in [2.05, 4.69) is 36.2 Å². The van der Waals surface area contributed by atoms with Gasteiger partial charge in [-0.15, -0.1) is 10.2 Å². The van der Waals surface area contributed by atoms with Gasteiger partial charge in [-0.25, -0.2) is 0 Å². The number of benzene rings is 1. The molecule has 2 rings (SSSR count). The van der Waals surface area contributed by atoms with Gasteiger partial charge >= 0.3 is 5.97 Å². The van der Waals surface area contributed by atoms with Crippen LogP contribution in [0.3, 0.4) is 0 Å². The monoisotopic (exact) mass is 305 g/mol. The van der Waals surface area contributed by atoms with E-state index in [0.29, 0.717) is 5.16 Å². The summed E-state index contributed by atoms with van der Waals surface area (Å²) in [6.07, 6.45) is 1.69. The Morgan fingerprint density at radius 3 is 2.57 bits per heavy atom. The second kappa shape index (κ2) is 7.26. The lowest BCUT2D eigenvalue weighted by molar-refractivity contribution is -0.133. The Labute approximate surface area is 128 Å². The van der Waals surface area contributed by atoms with E-state index in [0.717, 1.165) is 18.7 Å². The van der Waals surface area contributed by atoms with E-state index >= 15 is 0 Å². The molecule has 0 radical (unpaired) electrons. The molecule has 5 nitrogen and oxygen atoms in total. The average Bonchev–Trinajstić information content (AvgIpc) is 2.87. The number of hydrogen-bond acceptors (Lipinski definition) is 4. The first kappa shape index (κ1) is 15.6. The largest absolute Gasteiger partial charge is 0.481 e. The normalized spacial score (nSPS) is 11.0. The molecule has 0 amide bonds. The van der Waals surface area contributed by atoms with E-state index in [1.807, 2.05) is 22.8 Å². The molecule has 2 aromatic rings. The van der Waals surface area contributed by atoms with Gasteiger partial charge in [0.2, 0.25) is 0 Å². The summed E-state index contributed by atoms with van der Waals surface area (Å²) >= 11 is 1.22. The van der Waals surface area contributed by atoms with E-state index < -0.39 is 5.97 Å². The quantitative estimate of drug-likeness (QED) is 0.797. The first-order chi connectivity index (χ1) is 10.1. The molecule has 0 saturated carbocycles. The Balaban J connectivity index is 2.10. The summed E-state index contributed by atoms with van der Waals surface area (Å²) in [5.74, 6) is 0.0645. The van der Waals surface area contributed by atoms with Crippen LogP contribution in [0.1, 0.15) is 31.3 Å². The molecule has 0 aliphatic rings. The number of aliphatic carboxylic acids is 1. The van der Waals surface area contributed by atoms with Crippen LogP contribution in [-0.2, 0) is 17.6 Å². The summed E-state index contributed by atoms with van der Waals surface area (Å²) in [5, 5.41) is 17.8. The van der Waals surface area contributed by atoms with E-state index in [1.165, 1.54) is 17.3 Å². The smallest absolute Gasteiger partial charge is 0.313 e. The van der Waals surface area contributed by atoms with Crippen molar-refractivity contribution in [1.29, 1.82) is 0 Å². The molecule has 0 fully saturated rings. The highest BCUT2D eigenvalue weighted by atomic mass is 32.2. The number of aromatic nitrogens is 3. The predicted molar refractivity (Wildman–Crippen MR) is 82.6 cm³/mol. The first-order valence-electron chi connectivity index (χ1n) is 6.90. The molecule has 0 unspecified atom stereocenters. The lowest BCUT2D eigenvalue weighted by Gasteiger charge is -2.13. The minimum absolute atomic E-state index is 0.00351. The van der Waals surface area contributed by atoms with E-state index in [4.69, 9.17) is 5.11 Å². The summed E-state index contributed by atoms with van der Waals surface area (Å²) in [7, 11) is 0. The van der Waals surface area contributed by atoms with E-state index in [1.54, 1.807) is 0 Å². The van der Waals surface area contributed by atoms with Gasteiger partial charge in [-0.1, -0.05) is 42.1 Å². The number of carbonyl (C=O) groups is 1. The highest BCUT2D eigenvalue weighted by molar-refractivity contribution is 7.99. The number of carboxylic acids is 1. The number of hydrogen-bond donors (Lipinski definition) is 1. The molecular weight excluding hydrogens is 286 g/mol. The van der Waals surface area contributed by atoms with Gasteiger partial charge in [0.25, 0.3) is 0 Å². The van der Waals surface area contributed by atoms with Crippen LogP contribution in [0.4, 0.5) is 0 Å². The maximum atomic E-state index is 10.7. The van der Waals surface area contributed by atoms with Crippen LogP contribution in [0.5, 0.6) is 0 Å². The van der Waals surface area contributed by atoms with Gasteiger partial charge in [-0.2, -0.15) is 0 Å². The third-order valence-electron chi connectivity index (χ3n) is 3.06. The van der Waals surface area contributed by atoms with Crippen molar-refractivity contribution in [2.24, 2.45) is 0 Å². The standard InChI is InChI=1S/C15H19N3O2S/c1-11(2)18-13(9-8-12-6-4-3-5-7-12)16-17-15(18)21-10-14(19)20/h3-7,11H,8-10H2,1-2H3,(H,19,20). The van der Waals surface area contributed by atoms with Crippen molar-refractivity contribution in [2.45, 2.75) is 37.9 Å². The van der Waals surface area contributed by atoms with Crippen molar-refractivity contribution in [3.05, 3.63) is 41.7 Å². The number of carboxylic acid groups (broad SMARTS) is 1. The fraction of sp³-hybridized carbons (Fsp3) is 0.400. The highest BCUT2D eigenvalue weighted by Gasteiger charge is 2.16. The van der Waals surface area contributed by atoms with Crippen molar-refractivity contribution in [3.8, 4) is 0 Å². The minimum Gasteiger partial charge on any atom is -0.481 e. The zero-order valence-corrected chi connectivity index (χ0v) is 13.0. The van der Waals surface area contributed by atoms with Crippen molar-refractivity contribution >= 4 is 17.7 Å². The minimum atomic E-state index is -0.843. The van der Waals surface area contributed by atoms with Crippen LogP contribution < -0.4 is 0 Å². The number of aryl methyl sites for hydroxylation is 2. The molecule has 0 aliphatic carbocycles. The summed E-state index contributed by atoms with van der Waals surface area (Å²) in [6.45, 7) is 4.11. The molecule has 6 heteroatoms. The fourth-order valence-electron chi connectivity index (χ4n) is 2.12. The van der Waals surface area contributed by atoms with E-state index in [-0.39, 0.29) is 11.8 Å². The van der Waals surface area contributed by atoms with Crippen LogP contribution in [-0.4, -0.2) is 31.6 Å². The van der Waals surface area contributed by atoms with Gasteiger partial charge in [0, 0.05) is 12.5 Å². The number of rotatable bonds is 7. The van der Waals surface area contributed by atoms with Crippen molar-refractivity contribution < 1.29 is 9.90 Å². The predicted octanol–water partition coefficient (Wildman–Crippen LogP) is 2.82. The Kier molecular flexibility index (Phi) is 5.38. The highest BCUT2D eigenvalue weighted by Crippen LogP contribution is 2.22. The van der Waals surface area contributed by atoms with E-state index in [9.17, 15) is 4.79 Å². The molecule has 1 aromatic heterocycles. The van der Waals surface area contributed by atoms with Crippen molar-refractivity contribution in [1.82, 2.24) is 14.8 Å². The summed E-state index contributed by atoms with van der Waals surface area (Å²) in [5.41, 5.74) is 1.26. The van der Waals surface area contributed by atoms with Gasteiger partial charge in [0.15, 0.2) is 5.16 Å². The molecule has 0 spiro atoms. The molecule has 0 saturated heterocycles. The van der Waals surface area contributed by atoms with Gasteiger partial charge in [-0.05, 0) is 25.8 Å². The Morgan fingerprint density at radius 2 is 1.95 bits per heavy atom. The van der Waals surface area contributed by atoms with Gasteiger partial charge in [0.1, 0.15) is 5.82 Å². The van der Waals surface area contributed by atoms with Crippen LogP contribution in [0, 0.1) is 0 Å². The summed E-state index contributed by atoms with van der Waals surface area (Å²) in [6, 6.07) is 10.4. The fourth-order valence-corrected chi connectivity index (χ4v) is 2.93. The third-order valence-corrected chi connectivity index (χ3v) is 3.98. The molecule has 0 aliphatic heterocycles. The Hall–Kier alpha value is -1.82. The van der Waals surface area contributed by atoms with Gasteiger partial charge in [-0.3, -0.25) is 4.79 Å². The molecule has 0 bridgehead atoms. The zero-order valence-electron chi connectivity index (χ0n) is 12.2. The molecule has 1 N–H and O–H groups in total. The SMILES string of the molecule is CC(C)n1c(CCc2ccccc2)nnc1SCC(=O)O. The van der Waals surface area contributed by atoms with Crippen LogP contribution in [0.2, 0.25) is 0 Å². The average molecular weight is 305 g/mol. The Morgan fingerprint density at radius 1 is 1.24 bits per heavy atom. The third kappa shape index (κ3) is 4.32. The van der Waals surface area contributed by atoms with Crippen molar-refractivity contribution in [3.63, 3.8) is 0 Å². The molecule has 21 heavy (non-hydrogen) atoms. The zero-order chi connectivity index (χ0) is 15.2. The maximum absolute atomic E-state index is 10.7. The van der Waals surface area contributed by atoms with Gasteiger partial charge in [0.05, 0.1) is 5.75 Å². The number of thioether (sulfide) groups is 1. The molecule has 1 aromatic carbocycles. The van der Waals surface area contributed by atoms with Crippen molar-refractivity contribution in [2.75, 3.05) is 5.75 Å². The number of nitrogens with zero attached hydrogens (tertiary/aromatic N) is 3. The molecular formula is C15H19N3O2S. The van der Waals surface area contributed by atoms with Crippen LogP contribution >= 0.6 is 11.8 Å². The lowest BCUT2D eigenvalue weighted by atomic mass is 10.1. The van der Waals surface area contributed by atoms with Crippen LogP contribution in [0.25, 0.3) is 0 Å².